The first-order valence-corrected chi connectivity index (χ1v) is 12.5. The molecule has 2 aromatic carbocycles. The summed E-state index contributed by atoms with van der Waals surface area (Å²) in [7, 11) is -4.69. The fourth-order valence-corrected chi connectivity index (χ4v) is 4.98. The molecule has 2 heterocycles. The highest BCUT2D eigenvalue weighted by Crippen LogP contribution is 2.27. The van der Waals surface area contributed by atoms with Gasteiger partial charge in [0.25, 0.3) is 20.0 Å². The number of amidine groups is 1. The van der Waals surface area contributed by atoms with Crippen LogP contribution in [0.25, 0.3) is 0 Å². The van der Waals surface area contributed by atoms with Crippen LogP contribution in [0.2, 0.25) is 0 Å². The number of anilines is 1. The molecule has 0 radical (unpaired) electrons. The van der Waals surface area contributed by atoms with E-state index in [-0.39, 0.29) is 33.8 Å². The van der Waals surface area contributed by atoms with E-state index in [0.717, 1.165) is 4.31 Å². The Kier molecular flexibility index (Phi) is 5.82. The third kappa shape index (κ3) is 4.53. The molecule has 0 saturated carbocycles. The molecule has 0 aliphatic carbocycles. The predicted octanol–water partition coefficient (Wildman–Crippen LogP) is 2.45. The number of nitrogens with one attached hydrogen (secondary N) is 1. The number of sulfonamides is 2. The van der Waals surface area contributed by atoms with E-state index >= 15 is 0 Å². The molecule has 1 N–H and O–H groups in total. The van der Waals surface area contributed by atoms with Gasteiger partial charge >= 0.3 is 5.97 Å². The van der Waals surface area contributed by atoms with E-state index in [1.807, 2.05) is 0 Å². The molecule has 3 aromatic rings. The van der Waals surface area contributed by atoms with Gasteiger partial charge in [-0.3, -0.25) is 0 Å². The number of carbonyl (C=O) groups excluding carboxylic acids is 1. The third-order valence-electron chi connectivity index (χ3n) is 4.73. The Morgan fingerprint density at radius 2 is 1.76 bits per heavy atom. The van der Waals surface area contributed by atoms with Gasteiger partial charge in [0, 0.05) is 25.3 Å². The van der Waals surface area contributed by atoms with Crippen LogP contribution in [0.1, 0.15) is 21.7 Å². The molecule has 1 aromatic heterocycles. The second-order valence-electron chi connectivity index (χ2n) is 7.20. The predicted molar refractivity (Wildman–Crippen MR) is 119 cm³/mol. The van der Waals surface area contributed by atoms with Crippen LogP contribution in [0.3, 0.4) is 0 Å². The Bertz CT molecular complexity index is 1460. The lowest BCUT2D eigenvalue weighted by atomic mass is 10.1. The third-order valence-corrected chi connectivity index (χ3v) is 7.76. The van der Waals surface area contributed by atoms with E-state index in [2.05, 4.69) is 9.71 Å². The maximum atomic E-state index is 12.3. The SMILES string of the molecule is CN(C)S(=O)(=O)c1ccc(COC(=O)c2ccc(NC3=NS(=O)(=O)c4ccccc43)cc2)o1. The lowest BCUT2D eigenvalue weighted by Crippen LogP contribution is -2.21. The molecule has 0 fully saturated rings. The molecule has 4 rings (SSSR count). The first-order chi connectivity index (χ1) is 15.6. The van der Waals surface area contributed by atoms with Gasteiger partial charge in [-0.05, 0) is 48.5 Å². The quantitative estimate of drug-likeness (QED) is 0.522. The van der Waals surface area contributed by atoms with Gasteiger partial charge in [-0.1, -0.05) is 12.1 Å². The molecular weight excluding hydrogens is 470 g/mol. The second kappa shape index (κ2) is 8.46. The Balaban J connectivity index is 1.40. The Labute approximate surface area is 190 Å². The second-order valence-corrected chi connectivity index (χ2v) is 10.9. The van der Waals surface area contributed by atoms with Crippen molar-refractivity contribution >= 4 is 37.5 Å². The number of nitrogens with zero attached hydrogens (tertiary/aromatic N) is 2. The highest BCUT2D eigenvalue weighted by Gasteiger charge is 2.28. The average Bonchev–Trinajstić information content (AvgIpc) is 3.36. The van der Waals surface area contributed by atoms with Crippen molar-refractivity contribution in [2.45, 2.75) is 16.6 Å². The highest BCUT2D eigenvalue weighted by atomic mass is 32.2. The van der Waals surface area contributed by atoms with Crippen LogP contribution < -0.4 is 5.32 Å². The number of carbonyl (C=O) groups is 1. The summed E-state index contributed by atoms with van der Waals surface area (Å²) in [5, 5.41) is 2.70. The zero-order chi connectivity index (χ0) is 23.8. The van der Waals surface area contributed by atoms with Crippen LogP contribution in [-0.2, 0) is 31.4 Å². The van der Waals surface area contributed by atoms with Gasteiger partial charge in [-0.2, -0.15) is 8.42 Å². The first kappa shape index (κ1) is 22.7. The summed E-state index contributed by atoms with van der Waals surface area (Å²) in [5.74, 6) is -0.260. The van der Waals surface area contributed by atoms with Crippen LogP contribution in [0.5, 0.6) is 0 Å². The van der Waals surface area contributed by atoms with Crippen molar-refractivity contribution in [3.63, 3.8) is 0 Å². The summed E-state index contributed by atoms with van der Waals surface area (Å²) in [6.07, 6.45) is 0. The average molecular weight is 490 g/mol. The highest BCUT2D eigenvalue weighted by molar-refractivity contribution is 7.90. The zero-order valence-corrected chi connectivity index (χ0v) is 19.2. The largest absolute Gasteiger partial charge is 0.454 e. The van der Waals surface area contributed by atoms with Crippen molar-refractivity contribution in [1.29, 1.82) is 0 Å². The Morgan fingerprint density at radius 1 is 1.06 bits per heavy atom. The molecule has 172 valence electrons. The van der Waals surface area contributed by atoms with E-state index < -0.39 is 26.0 Å². The summed E-state index contributed by atoms with van der Waals surface area (Å²) >= 11 is 0. The van der Waals surface area contributed by atoms with Gasteiger partial charge in [0.15, 0.2) is 5.84 Å². The van der Waals surface area contributed by atoms with Crippen LogP contribution in [-0.4, -0.2) is 47.0 Å². The van der Waals surface area contributed by atoms with Crippen molar-refractivity contribution in [2.24, 2.45) is 4.40 Å². The lowest BCUT2D eigenvalue weighted by molar-refractivity contribution is 0.0440. The fourth-order valence-electron chi connectivity index (χ4n) is 3.00. The summed E-state index contributed by atoms with van der Waals surface area (Å²) in [6.45, 7) is -0.243. The van der Waals surface area contributed by atoms with E-state index in [9.17, 15) is 21.6 Å². The molecule has 0 spiro atoms. The molecule has 0 unspecified atom stereocenters. The van der Waals surface area contributed by atoms with Crippen LogP contribution in [0.15, 0.2) is 79.5 Å². The van der Waals surface area contributed by atoms with E-state index in [1.165, 1.54) is 44.4 Å². The summed E-state index contributed by atoms with van der Waals surface area (Å²) in [5.41, 5.74) is 1.24. The molecule has 1 aliphatic rings. The van der Waals surface area contributed by atoms with E-state index in [1.54, 1.807) is 30.3 Å². The molecule has 33 heavy (non-hydrogen) atoms. The monoisotopic (exact) mass is 489 g/mol. The van der Waals surface area contributed by atoms with Gasteiger partial charge in [-0.25, -0.2) is 17.5 Å². The molecular formula is C21H19N3O7S2. The normalized spacial score (nSPS) is 14.6. The molecule has 10 nitrogen and oxygen atoms in total. The van der Waals surface area contributed by atoms with Gasteiger partial charge in [-0.15, -0.1) is 4.40 Å². The number of hydrogen-bond donors (Lipinski definition) is 1. The van der Waals surface area contributed by atoms with Crippen LogP contribution in [0, 0.1) is 0 Å². The first-order valence-electron chi connectivity index (χ1n) is 9.58. The van der Waals surface area contributed by atoms with Crippen LogP contribution in [0.4, 0.5) is 5.69 Å². The maximum absolute atomic E-state index is 12.3. The minimum absolute atomic E-state index is 0.132. The van der Waals surface area contributed by atoms with Crippen molar-refractivity contribution in [3.05, 3.63) is 77.6 Å². The van der Waals surface area contributed by atoms with Crippen LogP contribution >= 0.6 is 0 Å². The van der Waals surface area contributed by atoms with Crippen molar-refractivity contribution in [3.8, 4) is 0 Å². The number of fused-ring (bicyclic) bond motifs is 1. The molecule has 1 aliphatic heterocycles. The number of esters is 1. The standard InChI is InChI=1S/C21H19N3O7S2/c1-24(2)33(28,29)19-12-11-16(31-19)13-30-21(25)14-7-9-15(10-8-14)22-20-17-5-3-4-6-18(17)32(26,27)23-20/h3-12H,13H2,1-2H3,(H,22,23). The Hall–Kier alpha value is -3.48. The maximum Gasteiger partial charge on any atom is 0.338 e. The number of ether oxygens (including phenoxy) is 1. The zero-order valence-electron chi connectivity index (χ0n) is 17.5. The van der Waals surface area contributed by atoms with Crippen molar-refractivity contribution in [2.75, 3.05) is 19.4 Å². The molecule has 0 bridgehead atoms. The topological polar surface area (TPSA) is 135 Å². The van der Waals surface area contributed by atoms with Gasteiger partial charge in [0.2, 0.25) is 5.09 Å². The van der Waals surface area contributed by atoms with Gasteiger partial charge in [0.05, 0.1) is 5.56 Å². The number of benzene rings is 2. The smallest absolute Gasteiger partial charge is 0.338 e. The number of rotatable bonds is 6. The minimum Gasteiger partial charge on any atom is -0.454 e. The summed E-state index contributed by atoms with van der Waals surface area (Å²) < 4.78 is 63.6. The molecule has 12 heteroatoms. The fraction of sp³-hybridized carbons (Fsp3) is 0.143. The van der Waals surface area contributed by atoms with Gasteiger partial charge < -0.3 is 14.5 Å². The summed E-state index contributed by atoms with van der Waals surface area (Å²) in [6, 6.07) is 15.4. The van der Waals surface area contributed by atoms with Gasteiger partial charge in [0.1, 0.15) is 17.3 Å². The van der Waals surface area contributed by atoms with Crippen molar-refractivity contribution in [1.82, 2.24) is 4.31 Å². The van der Waals surface area contributed by atoms with E-state index in [4.69, 9.17) is 9.15 Å². The minimum atomic E-state index is -3.74. The van der Waals surface area contributed by atoms with Crippen molar-refractivity contribution < 1.29 is 30.8 Å². The molecule has 0 atom stereocenters. The number of hydrogen-bond acceptors (Lipinski definition) is 8. The molecule has 0 saturated heterocycles. The van der Waals surface area contributed by atoms with E-state index in [0.29, 0.717) is 11.3 Å². The number of furan rings is 1. The molecule has 0 amide bonds. The Morgan fingerprint density at radius 3 is 2.45 bits per heavy atom. The summed E-state index contributed by atoms with van der Waals surface area (Å²) in [4.78, 5) is 12.5. The lowest BCUT2D eigenvalue weighted by Gasteiger charge is -2.08.